The minimum atomic E-state index is -1.53. The van der Waals surface area contributed by atoms with Crippen molar-refractivity contribution >= 4 is 34.2 Å². The first-order chi connectivity index (χ1) is 22.6. The predicted molar refractivity (Wildman–Crippen MR) is 185 cm³/mol. The molecule has 2 bridgehead atoms. The standard InChI is InChI=1S/C32H39ClN2O4S.C5H4FN/c1-20-5-3-7-29(36)26-11-8-24(26)17-35-18-32(14-4-6-22-15-25(33)10-12-27(22)32)19-39-30-13-9-23(16-28(30)35)31(37)34-40(38)21(20)2;6-5-2-1-3-7-4-5/h3,7,9-10,12-13,15-16,20-21,24,26,29,36H,4-6,8,11,14,17-19H2,1-2H3,(H,34,37);1-4H/b7-3+;/t20?,21?,24?,26?,29?,32-,40?;/m0./s1. The van der Waals surface area contributed by atoms with Gasteiger partial charge in [0.25, 0.3) is 5.91 Å². The number of amides is 1. The summed E-state index contributed by atoms with van der Waals surface area (Å²) in [6.07, 6.45) is 12.0. The Morgan fingerprint density at radius 3 is 2.74 bits per heavy atom. The van der Waals surface area contributed by atoms with Crippen LogP contribution in [0.5, 0.6) is 5.75 Å². The molecule has 0 radical (unpaired) electrons. The molecular formula is C37H43ClFN3O4S. The maximum atomic E-state index is 13.3. The zero-order valence-electron chi connectivity index (χ0n) is 26.9. The lowest BCUT2D eigenvalue weighted by atomic mass is 9.68. The van der Waals surface area contributed by atoms with Crippen LogP contribution in [0.25, 0.3) is 0 Å². The average molecular weight is 680 g/mol. The van der Waals surface area contributed by atoms with Gasteiger partial charge in [-0.2, -0.15) is 0 Å². The summed E-state index contributed by atoms with van der Waals surface area (Å²) in [4.78, 5) is 19.2. The molecule has 10 heteroatoms. The Morgan fingerprint density at radius 1 is 1.17 bits per heavy atom. The van der Waals surface area contributed by atoms with Crippen LogP contribution in [-0.2, 0) is 22.8 Å². The number of carbonyl (C=O) groups excluding carboxylic acids is 1. The average Bonchev–Trinajstić information content (AvgIpc) is 3.19. The van der Waals surface area contributed by atoms with Crippen molar-refractivity contribution in [3.8, 4) is 5.75 Å². The summed E-state index contributed by atoms with van der Waals surface area (Å²) in [5.41, 5.74) is 3.75. The van der Waals surface area contributed by atoms with Crippen LogP contribution in [0.2, 0.25) is 5.02 Å². The first-order valence-electron chi connectivity index (χ1n) is 16.6. The quantitative estimate of drug-likeness (QED) is 0.254. The van der Waals surface area contributed by atoms with Crippen molar-refractivity contribution in [3.63, 3.8) is 0 Å². The minimum Gasteiger partial charge on any atom is -0.490 e. The molecule has 2 aromatic carbocycles. The van der Waals surface area contributed by atoms with Crippen LogP contribution in [0.15, 0.2) is 73.1 Å². The fourth-order valence-electron chi connectivity index (χ4n) is 7.37. The second-order valence-electron chi connectivity index (χ2n) is 13.5. The molecule has 4 aliphatic rings. The Bertz CT molecular complexity index is 1640. The smallest absolute Gasteiger partial charge is 0.263 e. The maximum Gasteiger partial charge on any atom is 0.263 e. The lowest BCUT2D eigenvalue weighted by molar-refractivity contribution is 0.0456. The molecule has 6 unspecified atom stereocenters. The third-order valence-electron chi connectivity index (χ3n) is 10.5. The Morgan fingerprint density at radius 2 is 2.02 bits per heavy atom. The van der Waals surface area contributed by atoms with Crippen molar-refractivity contribution in [2.75, 3.05) is 24.6 Å². The van der Waals surface area contributed by atoms with Gasteiger partial charge in [-0.15, -0.1) is 0 Å². The summed E-state index contributed by atoms with van der Waals surface area (Å²) in [5, 5.41) is 11.6. The summed E-state index contributed by atoms with van der Waals surface area (Å²) in [7, 11) is -1.53. The molecule has 7 atom stereocenters. The molecule has 1 fully saturated rings. The third-order valence-corrected chi connectivity index (χ3v) is 12.2. The summed E-state index contributed by atoms with van der Waals surface area (Å²) in [6.45, 7) is 6.02. The van der Waals surface area contributed by atoms with Gasteiger partial charge in [0.2, 0.25) is 0 Å². The van der Waals surface area contributed by atoms with Gasteiger partial charge in [0.1, 0.15) is 22.6 Å². The highest BCUT2D eigenvalue weighted by Crippen LogP contribution is 2.46. The van der Waals surface area contributed by atoms with Gasteiger partial charge in [-0.1, -0.05) is 36.7 Å². The Labute approximate surface area is 284 Å². The number of aliphatic hydroxyl groups excluding tert-OH is 1. The fourth-order valence-corrected chi connectivity index (χ4v) is 8.59. The molecule has 3 heterocycles. The Kier molecular flexibility index (Phi) is 10.3. The number of carbonyl (C=O) groups is 1. The Balaban J connectivity index is 0.000000491. The highest BCUT2D eigenvalue weighted by atomic mass is 35.5. The third kappa shape index (κ3) is 7.42. The van der Waals surface area contributed by atoms with Crippen LogP contribution < -0.4 is 14.4 Å². The zero-order valence-corrected chi connectivity index (χ0v) is 28.5. The van der Waals surface area contributed by atoms with E-state index in [-0.39, 0.29) is 34.2 Å². The van der Waals surface area contributed by atoms with Gasteiger partial charge in [0.15, 0.2) is 0 Å². The van der Waals surface area contributed by atoms with E-state index in [1.54, 1.807) is 12.1 Å². The number of nitrogens with zero attached hydrogens (tertiary/aromatic N) is 2. The number of pyridine rings is 1. The fraction of sp³-hybridized carbons (Fsp3) is 0.459. The summed E-state index contributed by atoms with van der Waals surface area (Å²) < 4.78 is 34.2. The first kappa shape index (κ1) is 33.6. The number of halogens is 2. The molecule has 3 aromatic rings. The number of aryl methyl sites for hydroxylation is 1. The molecule has 1 amide bonds. The van der Waals surface area contributed by atoms with Crippen LogP contribution in [0.1, 0.15) is 67.4 Å². The van der Waals surface area contributed by atoms with Crippen LogP contribution in [-0.4, -0.2) is 51.3 Å². The minimum absolute atomic E-state index is 0.0926. The number of aromatic nitrogens is 1. The molecule has 2 N–H and O–H groups in total. The molecule has 2 aliphatic carbocycles. The van der Waals surface area contributed by atoms with Crippen molar-refractivity contribution in [2.45, 2.75) is 69.1 Å². The van der Waals surface area contributed by atoms with Crippen LogP contribution >= 0.6 is 11.6 Å². The molecule has 7 rings (SSSR count). The second kappa shape index (κ2) is 14.5. The summed E-state index contributed by atoms with van der Waals surface area (Å²) in [6, 6.07) is 14.7. The molecule has 0 saturated heterocycles. The number of hydrogen-bond donors (Lipinski definition) is 2. The van der Waals surface area contributed by atoms with Crippen LogP contribution in [0.4, 0.5) is 10.1 Å². The van der Waals surface area contributed by atoms with Crippen molar-refractivity contribution in [1.82, 2.24) is 9.71 Å². The van der Waals surface area contributed by atoms with E-state index in [2.05, 4.69) is 26.7 Å². The van der Waals surface area contributed by atoms with Gasteiger partial charge in [-0.05, 0) is 117 Å². The monoisotopic (exact) mass is 679 g/mol. The van der Waals surface area contributed by atoms with E-state index in [0.29, 0.717) is 24.5 Å². The number of fused-ring (bicyclic) bond motifs is 4. The van der Waals surface area contributed by atoms with E-state index in [9.17, 15) is 18.5 Å². The van der Waals surface area contributed by atoms with E-state index < -0.39 is 17.1 Å². The normalized spacial score (nSPS) is 31.0. The molecule has 1 spiro atoms. The lowest BCUT2D eigenvalue weighted by Gasteiger charge is -2.45. The number of ether oxygens (including phenoxy) is 1. The van der Waals surface area contributed by atoms with Crippen molar-refractivity contribution < 1.29 is 23.2 Å². The molecule has 1 saturated carbocycles. The number of aliphatic hydroxyl groups is 1. The number of anilines is 1. The van der Waals surface area contributed by atoms with E-state index in [0.717, 1.165) is 61.7 Å². The van der Waals surface area contributed by atoms with Crippen molar-refractivity contribution in [1.29, 1.82) is 0 Å². The lowest BCUT2D eigenvalue weighted by Crippen LogP contribution is -2.49. The molecular weight excluding hydrogens is 637 g/mol. The van der Waals surface area contributed by atoms with E-state index in [4.69, 9.17) is 16.3 Å². The predicted octanol–water partition coefficient (Wildman–Crippen LogP) is 6.80. The topological polar surface area (TPSA) is 91.8 Å². The number of nitrogens with one attached hydrogen (secondary N) is 1. The van der Waals surface area contributed by atoms with Gasteiger partial charge < -0.3 is 14.7 Å². The van der Waals surface area contributed by atoms with Crippen LogP contribution in [0, 0.1) is 23.6 Å². The number of hydrogen-bond acceptors (Lipinski definition) is 6. The van der Waals surface area contributed by atoms with Crippen molar-refractivity contribution in [2.24, 2.45) is 17.8 Å². The number of allylic oxidation sites excluding steroid dienone is 1. The van der Waals surface area contributed by atoms with Gasteiger partial charge >= 0.3 is 0 Å². The highest BCUT2D eigenvalue weighted by Gasteiger charge is 2.44. The molecule has 7 nitrogen and oxygen atoms in total. The first-order valence-corrected chi connectivity index (χ1v) is 18.1. The van der Waals surface area contributed by atoms with Gasteiger partial charge in [0, 0.05) is 35.3 Å². The summed E-state index contributed by atoms with van der Waals surface area (Å²) in [5.74, 6) is 0.757. The van der Waals surface area contributed by atoms with E-state index >= 15 is 0 Å². The summed E-state index contributed by atoms with van der Waals surface area (Å²) >= 11 is 6.39. The van der Waals surface area contributed by atoms with Gasteiger partial charge in [0.05, 0.1) is 29.8 Å². The van der Waals surface area contributed by atoms with E-state index in [1.807, 2.05) is 44.2 Å². The van der Waals surface area contributed by atoms with E-state index in [1.165, 1.54) is 29.6 Å². The van der Waals surface area contributed by atoms with Crippen molar-refractivity contribution in [3.05, 3.63) is 101 Å². The Hall–Kier alpha value is -3.27. The van der Waals surface area contributed by atoms with Gasteiger partial charge in [-0.3, -0.25) is 14.5 Å². The SMILES string of the molecule is CC1C/C=C/C(O)C2CCC2CN2C[C@@]3(CCCc4cc(Cl)ccc43)COc3ccc(cc32)C(=O)NS(=O)C1C.Fc1cccnc1. The number of benzene rings is 2. The largest absolute Gasteiger partial charge is 0.490 e. The molecule has 47 heavy (non-hydrogen) atoms. The molecule has 250 valence electrons. The zero-order chi connectivity index (χ0) is 33.1. The molecule has 2 aliphatic heterocycles. The number of rotatable bonds is 0. The maximum absolute atomic E-state index is 13.3. The van der Waals surface area contributed by atoms with Crippen LogP contribution in [0.3, 0.4) is 0 Å². The van der Waals surface area contributed by atoms with Gasteiger partial charge in [-0.25, -0.2) is 8.60 Å². The second-order valence-corrected chi connectivity index (χ2v) is 15.5. The highest BCUT2D eigenvalue weighted by molar-refractivity contribution is 7.84. The molecule has 1 aromatic heterocycles.